The van der Waals surface area contributed by atoms with Crippen molar-refractivity contribution in [3.63, 3.8) is 0 Å². The van der Waals surface area contributed by atoms with Gasteiger partial charge in [0, 0.05) is 50.4 Å². The monoisotopic (exact) mass is 602 g/mol. The van der Waals surface area contributed by atoms with Crippen molar-refractivity contribution in [2.75, 3.05) is 39.4 Å². The number of carbonyl (C=O) groups excluding carboxylic acids is 1. The molecule has 0 spiro atoms. The predicted octanol–water partition coefficient (Wildman–Crippen LogP) is 3.99. The maximum absolute atomic E-state index is 13.5. The second kappa shape index (κ2) is 12.1. The lowest BCUT2D eigenvalue weighted by Crippen LogP contribution is -2.50. The summed E-state index contributed by atoms with van der Waals surface area (Å²) in [5.74, 6) is 1.01. The molecule has 7 rings (SSSR count). The van der Waals surface area contributed by atoms with Crippen LogP contribution in [0.5, 0.6) is 5.75 Å². The molecule has 1 unspecified atom stereocenters. The van der Waals surface area contributed by atoms with Crippen LogP contribution >= 0.6 is 0 Å². The molecule has 3 aromatic heterocycles. The van der Waals surface area contributed by atoms with Crippen LogP contribution in [0.2, 0.25) is 0 Å². The number of piperazine rings is 1. The molecule has 2 saturated heterocycles. The van der Waals surface area contributed by atoms with E-state index in [9.17, 15) is 13.6 Å². The molecule has 2 aliphatic rings. The molecule has 0 N–H and O–H groups in total. The zero-order chi connectivity index (χ0) is 30.0. The Morgan fingerprint density at radius 1 is 1.02 bits per heavy atom. The number of aromatic nitrogens is 6. The van der Waals surface area contributed by atoms with Crippen LogP contribution < -0.4 is 4.74 Å². The summed E-state index contributed by atoms with van der Waals surface area (Å²) in [4.78, 5) is 26.5. The number of oxazole rings is 1. The van der Waals surface area contributed by atoms with E-state index in [0.717, 1.165) is 12.0 Å². The summed E-state index contributed by atoms with van der Waals surface area (Å²) in [7, 11) is 0. The highest BCUT2D eigenvalue weighted by Crippen LogP contribution is 2.30. The number of hydrogen-bond acceptors (Lipinski definition) is 10. The minimum atomic E-state index is -2.89. The van der Waals surface area contributed by atoms with Gasteiger partial charge in [-0.25, -0.2) is 4.98 Å². The molecule has 0 aliphatic carbocycles. The smallest absolute Gasteiger partial charge is 0.350 e. The second-order valence-corrected chi connectivity index (χ2v) is 10.6. The number of amides is 1. The molecule has 2 atom stereocenters. The highest BCUT2D eigenvalue weighted by atomic mass is 19.3. The van der Waals surface area contributed by atoms with Gasteiger partial charge in [0.15, 0.2) is 11.4 Å². The number of alkyl halides is 2. The van der Waals surface area contributed by atoms with E-state index in [2.05, 4.69) is 30.3 Å². The van der Waals surface area contributed by atoms with Crippen molar-refractivity contribution in [2.45, 2.75) is 25.1 Å². The molecule has 5 heterocycles. The van der Waals surface area contributed by atoms with Gasteiger partial charge in [0.05, 0.1) is 19.3 Å². The van der Waals surface area contributed by atoms with Crippen molar-refractivity contribution < 1.29 is 27.5 Å². The molecule has 44 heavy (non-hydrogen) atoms. The van der Waals surface area contributed by atoms with Crippen LogP contribution in [0.25, 0.3) is 22.6 Å². The standard InChI is InChI=1S/C30H28F2N8O4/c31-30(32)40-36-27(35-37-40)26(19-4-2-1-3-5-19)38-11-13-39(14-12-38)29(41)24-16-20(8-10-33-24)28-34-23-7-6-21(17-25(23)44-28)43-22-9-15-42-18-22/h1-8,10,16-17,22,26,30H,9,11-15,18H2/t22?,26-/m0/s1. The predicted molar refractivity (Wildman–Crippen MR) is 152 cm³/mol. The summed E-state index contributed by atoms with van der Waals surface area (Å²) in [5.41, 5.74) is 2.99. The first-order chi connectivity index (χ1) is 21.5. The molecule has 1 amide bonds. The molecule has 2 fully saturated rings. The largest absolute Gasteiger partial charge is 0.488 e. The van der Waals surface area contributed by atoms with Crippen LogP contribution in [0, 0.1) is 0 Å². The van der Waals surface area contributed by atoms with Crippen molar-refractivity contribution in [3.8, 4) is 17.2 Å². The van der Waals surface area contributed by atoms with Crippen LogP contribution in [0.4, 0.5) is 8.78 Å². The lowest BCUT2D eigenvalue weighted by Gasteiger charge is -2.38. The normalized spacial score (nSPS) is 18.2. The number of tetrazole rings is 1. The minimum absolute atomic E-state index is 0.0209. The third-order valence-corrected chi connectivity index (χ3v) is 7.72. The average molecular weight is 603 g/mol. The second-order valence-electron chi connectivity index (χ2n) is 10.6. The van der Waals surface area contributed by atoms with E-state index in [-0.39, 0.29) is 23.5 Å². The Morgan fingerprint density at radius 2 is 1.86 bits per heavy atom. The third kappa shape index (κ3) is 5.73. The first kappa shape index (κ1) is 28.0. The first-order valence-electron chi connectivity index (χ1n) is 14.3. The Bertz CT molecular complexity index is 1750. The van der Waals surface area contributed by atoms with Crippen molar-refractivity contribution in [3.05, 3.63) is 83.9 Å². The number of halogens is 2. The maximum atomic E-state index is 13.5. The van der Waals surface area contributed by atoms with E-state index >= 15 is 0 Å². The summed E-state index contributed by atoms with van der Waals surface area (Å²) >= 11 is 0. The highest BCUT2D eigenvalue weighted by molar-refractivity contribution is 5.93. The number of carbonyl (C=O) groups is 1. The molecular formula is C30H28F2N8O4. The Hall–Kier alpha value is -4.82. The molecule has 2 aliphatic heterocycles. The zero-order valence-electron chi connectivity index (χ0n) is 23.5. The lowest BCUT2D eigenvalue weighted by atomic mass is 10.0. The zero-order valence-corrected chi connectivity index (χ0v) is 23.5. The van der Waals surface area contributed by atoms with Gasteiger partial charge in [-0.2, -0.15) is 8.78 Å². The summed E-state index contributed by atoms with van der Waals surface area (Å²) in [6, 6.07) is 17.8. The molecule has 0 bridgehead atoms. The Balaban J connectivity index is 1.05. The minimum Gasteiger partial charge on any atom is -0.488 e. The summed E-state index contributed by atoms with van der Waals surface area (Å²) in [6.45, 7) is 0.107. The maximum Gasteiger partial charge on any atom is 0.350 e. The molecule has 226 valence electrons. The van der Waals surface area contributed by atoms with E-state index < -0.39 is 12.6 Å². The number of hydrogen-bond donors (Lipinski definition) is 0. The van der Waals surface area contributed by atoms with Crippen LogP contribution in [-0.2, 0) is 4.74 Å². The van der Waals surface area contributed by atoms with Gasteiger partial charge in [0.25, 0.3) is 5.91 Å². The molecule has 2 aromatic carbocycles. The van der Waals surface area contributed by atoms with Crippen molar-refractivity contribution in [1.82, 2.24) is 40.0 Å². The number of rotatable bonds is 8. The van der Waals surface area contributed by atoms with Gasteiger partial charge in [-0.05, 0) is 35.0 Å². The average Bonchev–Trinajstić information content (AvgIpc) is 3.84. The highest BCUT2D eigenvalue weighted by Gasteiger charge is 2.32. The van der Waals surface area contributed by atoms with E-state index in [1.165, 1.54) is 0 Å². The molecule has 0 saturated carbocycles. The number of ether oxygens (including phenoxy) is 2. The first-order valence-corrected chi connectivity index (χ1v) is 14.3. The van der Waals surface area contributed by atoms with Gasteiger partial charge in [-0.15, -0.1) is 10.2 Å². The molecule has 0 radical (unpaired) electrons. The fraction of sp³-hybridized carbons (Fsp3) is 0.333. The van der Waals surface area contributed by atoms with Gasteiger partial charge in [-0.1, -0.05) is 35.1 Å². The van der Waals surface area contributed by atoms with E-state index in [1.54, 1.807) is 23.2 Å². The summed E-state index contributed by atoms with van der Waals surface area (Å²) in [5, 5.41) is 11.4. The topological polar surface area (TPSA) is 125 Å². The Labute approximate surface area is 250 Å². The number of pyridine rings is 1. The SMILES string of the molecule is O=C(c1cc(-c2nc3ccc(OC4CCOC4)cc3o2)ccn1)N1CCN([C@@H](c2ccccc2)c2nnn(C(F)F)n2)CC1. The molecule has 5 aromatic rings. The van der Waals surface area contributed by atoms with E-state index in [0.29, 0.717) is 72.5 Å². The van der Waals surface area contributed by atoms with Crippen LogP contribution in [0.3, 0.4) is 0 Å². The van der Waals surface area contributed by atoms with E-state index in [1.807, 2.05) is 48.5 Å². The molecule has 12 nitrogen and oxygen atoms in total. The Morgan fingerprint density at radius 3 is 2.61 bits per heavy atom. The lowest BCUT2D eigenvalue weighted by molar-refractivity contribution is 0.0385. The Kier molecular flexibility index (Phi) is 7.66. The van der Waals surface area contributed by atoms with Crippen molar-refractivity contribution >= 4 is 17.0 Å². The van der Waals surface area contributed by atoms with Crippen LogP contribution in [0.15, 0.2) is 71.3 Å². The fourth-order valence-electron chi connectivity index (χ4n) is 5.51. The van der Waals surface area contributed by atoms with Gasteiger partial charge in [-0.3, -0.25) is 14.7 Å². The number of fused-ring (bicyclic) bond motifs is 1. The fourth-order valence-corrected chi connectivity index (χ4v) is 5.51. The van der Waals surface area contributed by atoms with Gasteiger partial charge in [0.1, 0.15) is 23.1 Å². The quantitative estimate of drug-likeness (QED) is 0.258. The summed E-state index contributed by atoms with van der Waals surface area (Å²) in [6.07, 6.45) is 2.43. The van der Waals surface area contributed by atoms with E-state index in [4.69, 9.17) is 13.9 Å². The molecule has 14 heteroatoms. The van der Waals surface area contributed by atoms with Crippen molar-refractivity contribution in [2.24, 2.45) is 0 Å². The van der Waals surface area contributed by atoms with Gasteiger partial charge >= 0.3 is 6.55 Å². The third-order valence-electron chi connectivity index (χ3n) is 7.72. The van der Waals surface area contributed by atoms with Crippen LogP contribution in [-0.4, -0.2) is 91.4 Å². The van der Waals surface area contributed by atoms with Gasteiger partial charge < -0.3 is 18.8 Å². The van der Waals surface area contributed by atoms with Gasteiger partial charge in [0.2, 0.25) is 5.89 Å². The van der Waals surface area contributed by atoms with Crippen LogP contribution in [0.1, 0.15) is 40.9 Å². The number of nitrogens with zero attached hydrogens (tertiary/aromatic N) is 8. The number of benzene rings is 2. The summed E-state index contributed by atoms with van der Waals surface area (Å²) < 4.78 is 43.8. The molecular weight excluding hydrogens is 574 g/mol. The van der Waals surface area contributed by atoms with Crippen molar-refractivity contribution in [1.29, 1.82) is 0 Å².